The Bertz CT molecular complexity index is 618. The molecule has 2 atom stereocenters. The van der Waals surface area contributed by atoms with Crippen molar-refractivity contribution in [2.45, 2.75) is 62.6 Å². The summed E-state index contributed by atoms with van der Waals surface area (Å²) in [5, 5.41) is 6.89. The number of benzene rings is 1. The van der Waals surface area contributed by atoms with Gasteiger partial charge >= 0.3 is 0 Å². The van der Waals surface area contributed by atoms with Gasteiger partial charge < -0.3 is 15.4 Å². The highest BCUT2D eigenvalue weighted by molar-refractivity contribution is 5.77. The van der Waals surface area contributed by atoms with Crippen LogP contribution < -0.4 is 10.6 Å². The fourth-order valence-electron chi connectivity index (χ4n) is 4.91. The molecule has 2 unspecified atom stereocenters. The average molecular weight is 346 g/mol. The van der Waals surface area contributed by atoms with E-state index in [1.54, 1.807) is 12.1 Å². The van der Waals surface area contributed by atoms with E-state index in [2.05, 4.69) is 10.6 Å². The second-order valence-corrected chi connectivity index (χ2v) is 7.93. The summed E-state index contributed by atoms with van der Waals surface area (Å²) in [7, 11) is 0. The van der Waals surface area contributed by atoms with Crippen molar-refractivity contribution < 1.29 is 13.9 Å². The van der Waals surface area contributed by atoms with Gasteiger partial charge in [0.15, 0.2) is 0 Å². The largest absolute Gasteiger partial charge is 0.381 e. The van der Waals surface area contributed by atoms with Crippen LogP contribution in [0.5, 0.6) is 0 Å². The predicted octanol–water partition coefficient (Wildman–Crippen LogP) is 2.87. The van der Waals surface area contributed by atoms with Crippen LogP contribution in [-0.2, 0) is 15.1 Å². The van der Waals surface area contributed by atoms with E-state index in [4.69, 9.17) is 4.74 Å². The topological polar surface area (TPSA) is 50.4 Å². The second kappa shape index (κ2) is 7.04. The van der Waals surface area contributed by atoms with Crippen LogP contribution in [0.3, 0.4) is 0 Å². The third-order valence-corrected chi connectivity index (χ3v) is 6.15. The molecule has 136 valence electrons. The molecular weight excluding hydrogens is 319 g/mol. The fourth-order valence-corrected chi connectivity index (χ4v) is 4.91. The highest BCUT2D eigenvalue weighted by Gasteiger charge is 2.38. The zero-order valence-corrected chi connectivity index (χ0v) is 14.6. The lowest BCUT2D eigenvalue weighted by Gasteiger charge is -2.39. The van der Waals surface area contributed by atoms with Gasteiger partial charge in [-0.2, -0.15) is 0 Å². The molecule has 4 nitrogen and oxygen atoms in total. The van der Waals surface area contributed by atoms with E-state index in [-0.39, 0.29) is 11.7 Å². The van der Waals surface area contributed by atoms with Crippen LogP contribution in [0, 0.1) is 11.7 Å². The standard InChI is InChI=1S/C20H27FN2O2/c21-16-3-1-2-15(13-16)20(6-8-25-9-7-20)23-19(24)12-14-10-17-4-5-18(11-14)22-17/h1-3,13-14,17-18,22H,4-12H2,(H,23,24). The molecule has 3 heterocycles. The van der Waals surface area contributed by atoms with Gasteiger partial charge in [-0.15, -0.1) is 0 Å². The Kier molecular flexibility index (Phi) is 4.78. The molecule has 0 spiro atoms. The molecular formula is C20H27FN2O2. The van der Waals surface area contributed by atoms with Gasteiger partial charge in [0.25, 0.3) is 0 Å². The van der Waals surface area contributed by atoms with Crippen molar-refractivity contribution >= 4 is 5.91 Å². The van der Waals surface area contributed by atoms with E-state index in [1.165, 1.54) is 18.9 Å². The third-order valence-electron chi connectivity index (χ3n) is 6.15. The van der Waals surface area contributed by atoms with Crippen molar-refractivity contribution in [1.29, 1.82) is 0 Å². The number of nitrogens with one attached hydrogen (secondary N) is 2. The normalized spacial score (nSPS) is 30.8. The van der Waals surface area contributed by atoms with Gasteiger partial charge in [-0.1, -0.05) is 12.1 Å². The van der Waals surface area contributed by atoms with Crippen molar-refractivity contribution in [3.05, 3.63) is 35.6 Å². The SMILES string of the molecule is O=C(CC1CC2CCC(C1)N2)NC1(c2cccc(F)c2)CCOCC1. The molecule has 3 aliphatic rings. The van der Waals surface area contributed by atoms with Crippen LogP contribution in [0.2, 0.25) is 0 Å². The number of halogens is 1. The Morgan fingerprint density at radius 1 is 1.24 bits per heavy atom. The van der Waals surface area contributed by atoms with E-state index in [1.807, 2.05) is 6.07 Å². The smallest absolute Gasteiger partial charge is 0.220 e. The molecule has 3 saturated heterocycles. The molecule has 4 rings (SSSR count). The summed E-state index contributed by atoms with van der Waals surface area (Å²) in [5.74, 6) is 0.299. The van der Waals surface area contributed by atoms with Crippen LogP contribution in [0.15, 0.2) is 24.3 Å². The lowest BCUT2D eigenvalue weighted by atomic mass is 9.81. The number of amides is 1. The molecule has 3 aliphatic heterocycles. The number of hydrogen-bond donors (Lipinski definition) is 2. The summed E-state index contributed by atoms with van der Waals surface area (Å²) < 4.78 is 19.2. The number of rotatable bonds is 4. The molecule has 0 aliphatic carbocycles. The number of fused-ring (bicyclic) bond motifs is 2. The van der Waals surface area contributed by atoms with Crippen molar-refractivity contribution in [3.8, 4) is 0 Å². The third kappa shape index (κ3) is 3.72. The van der Waals surface area contributed by atoms with E-state index in [0.29, 0.717) is 50.5 Å². The van der Waals surface area contributed by atoms with E-state index < -0.39 is 5.54 Å². The van der Waals surface area contributed by atoms with Gasteiger partial charge in [-0.3, -0.25) is 4.79 Å². The lowest BCUT2D eigenvalue weighted by Crippen LogP contribution is -2.50. The molecule has 3 fully saturated rings. The maximum absolute atomic E-state index is 13.7. The van der Waals surface area contributed by atoms with Gasteiger partial charge in [-0.25, -0.2) is 4.39 Å². The number of carbonyl (C=O) groups excluding carboxylic acids is 1. The van der Waals surface area contributed by atoms with Crippen molar-refractivity contribution in [3.63, 3.8) is 0 Å². The minimum absolute atomic E-state index is 0.0949. The second-order valence-electron chi connectivity index (χ2n) is 7.93. The minimum Gasteiger partial charge on any atom is -0.381 e. The number of hydrogen-bond acceptors (Lipinski definition) is 3. The zero-order chi connectivity index (χ0) is 17.3. The van der Waals surface area contributed by atoms with Gasteiger partial charge in [-0.05, 0) is 62.1 Å². The Morgan fingerprint density at radius 2 is 1.96 bits per heavy atom. The van der Waals surface area contributed by atoms with Gasteiger partial charge in [0.1, 0.15) is 5.82 Å². The Labute approximate surface area is 148 Å². The number of piperidine rings is 1. The monoisotopic (exact) mass is 346 g/mol. The van der Waals surface area contributed by atoms with Crippen LogP contribution >= 0.6 is 0 Å². The van der Waals surface area contributed by atoms with Crippen molar-refractivity contribution in [2.75, 3.05) is 13.2 Å². The Hall–Kier alpha value is -1.46. The fraction of sp³-hybridized carbons (Fsp3) is 0.650. The molecule has 25 heavy (non-hydrogen) atoms. The first-order valence-electron chi connectivity index (χ1n) is 9.54. The number of carbonyl (C=O) groups is 1. The molecule has 1 aromatic rings. The quantitative estimate of drug-likeness (QED) is 0.881. The predicted molar refractivity (Wildman–Crippen MR) is 93.6 cm³/mol. The zero-order valence-electron chi connectivity index (χ0n) is 14.6. The van der Waals surface area contributed by atoms with Gasteiger partial charge in [0.2, 0.25) is 5.91 Å². The van der Waals surface area contributed by atoms with Crippen LogP contribution in [0.1, 0.15) is 50.5 Å². The van der Waals surface area contributed by atoms with E-state index in [9.17, 15) is 9.18 Å². The molecule has 0 aromatic heterocycles. The summed E-state index contributed by atoms with van der Waals surface area (Å²) in [6.07, 6.45) is 6.65. The van der Waals surface area contributed by atoms with Crippen molar-refractivity contribution in [2.24, 2.45) is 5.92 Å². The van der Waals surface area contributed by atoms with E-state index >= 15 is 0 Å². The summed E-state index contributed by atoms with van der Waals surface area (Å²) >= 11 is 0. The molecule has 1 aromatic carbocycles. The maximum Gasteiger partial charge on any atom is 0.220 e. The van der Waals surface area contributed by atoms with Crippen molar-refractivity contribution in [1.82, 2.24) is 10.6 Å². The maximum atomic E-state index is 13.7. The molecule has 0 radical (unpaired) electrons. The highest BCUT2D eigenvalue weighted by Crippen LogP contribution is 2.35. The Balaban J connectivity index is 1.46. The average Bonchev–Trinajstić information content (AvgIpc) is 2.94. The molecule has 1 amide bonds. The molecule has 2 bridgehead atoms. The summed E-state index contributed by atoms with van der Waals surface area (Å²) in [5.41, 5.74) is 0.359. The molecule has 2 N–H and O–H groups in total. The van der Waals surface area contributed by atoms with Gasteiger partial charge in [0, 0.05) is 31.7 Å². The van der Waals surface area contributed by atoms with Crippen LogP contribution in [0.4, 0.5) is 4.39 Å². The minimum atomic E-state index is -0.497. The molecule has 5 heteroatoms. The van der Waals surface area contributed by atoms with Crippen LogP contribution in [-0.4, -0.2) is 31.2 Å². The summed E-state index contributed by atoms with van der Waals surface area (Å²) in [6, 6.07) is 7.82. The van der Waals surface area contributed by atoms with Crippen LogP contribution in [0.25, 0.3) is 0 Å². The first kappa shape index (κ1) is 17.0. The Morgan fingerprint density at radius 3 is 2.64 bits per heavy atom. The summed E-state index contributed by atoms with van der Waals surface area (Å²) in [6.45, 7) is 1.18. The summed E-state index contributed by atoms with van der Waals surface area (Å²) in [4.78, 5) is 12.8. The lowest BCUT2D eigenvalue weighted by molar-refractivity contribution is -0.125. The first-order valence-corrected chi connectivity index (χ1v) is 9.54. The first-order chi connectivity index (χ1) is 12.1. The molecule has 0 saturated carbocycles. The van der Waals surface area contributed by atoms with E-state index in [0.717, 1.165) is 18.4 Å². The highest BCUT2D eigenvalue weighted by atomic mass is 19.1. The number of ether oxygens (including phenoxy) is 1. The van der Waals surface area contributed by atoms with Gasteiger partial charge in [0.05, 0.1) is 5.54 Å².